The van der Waals surface area contributed by atoms with Gasteiger partial charge in [-0.25, -0.2) is 4.79 Å². The molecular weight excluding hydrogens is 220 g/mol. The van der Waals surface area contributed by atoms with Crippen LogP contribution in [0.4, 0.5) is 4.79 Å². The molecule has 0 atom stereocenters. The maximum atomic E-state index is 11.7. The molecule has 0 heterocycles. The number of rotatable bonds is 3. The second-order valence-electron chi connectivity index (χ2n) is 5.64. The highest BCUT2D eigenvalue weighted by Gasteiger charge is 2.28. The molecule has 5 heteroatoms. The van der Waals surface area contributed by atoms with Crippen LogP contribution < -0.4 is 5.32 Å². The number of carbonyl (C=O) groups excluding carboxylic acids is 1. The minimum absolute atomic E-state index is 0.187. The van der Waals surface area contributed by atoms with Gasteiger partial charge in [0.25, 0.3) is 0 Å². The molecule has 0 aromatic heterocycles. The molecule has 2 N–H and O–H groups in total. The molecule has 0 spiro atoms. The lowest BCUT2D eigenvalue weighted by molar-refractivity contribution is -0.137. The first-order valence-electron chi connectivity index (χ1n) is 6.03. The van der Waals surface area contributed by atoms with E-state index >= 15 is 0 Å². The van der Waals surface area contributed by atoms with Crippen molar-refractivity contribution >= 4 is 12.0 Å². The molecule has 0 aromatic carbocycles. The van der Waals surface area contributed by atoms with E-state index in [0.717, 1.165) is 25.7 Å². The molecule has 0 aromatic rings. The van der Waals surface area contributed by atoms with E-state index in [1.807, 2.05) is 0 Å². The van der Waals surface area contributed by atoms with Crippen molar-refractivity contribution < 1.29 is 14.7 Å². The Kier molecular flexibility index (Phi) is 4.37. The summed E-state index contributed by atoms with van der Waals surface area (Å²) in [6.45, 7) is 4.22. The Hall–Kier alpha value is -1.26. The van der Waals surface area contributed by atoms with Crippen molar-refractivity contribution in [2.24, 2.45) is 5.41 Å². The average molecular weight is 242 g/mol. The fourth-order valence-corrected chi connectivity index (χ4v) is 2.10. The average Bonchev–Trinajstić information content (AvgIpc) is 2.20. The normalized spacial score (nSPS) is 19.7. The van der Waals surface area contributed by atoms with E-state index in [9.17, 15) is 9.59 Å². The Morgan fingerprint density at radius 3 is 2.35 bits per heavy atom. The number of likely N-dealkylation sites (N-methyl/N-ethyl adjacent to an activating group) is 1. The summed E-state index contributed by atoms with van der Waals surface area (Å²) in [7, 11) is 1.50. The molecule has 0 saturated heterocycles. The first-order chi connectivity index (χ1) is 7.80. The molecule has 0 radical (unpaired) electrons. The van der Waals surface area contributed by atoms with Crippen LogP contribution in [0.15, 0.2) is 0 Å². The fraction of sp³-hybridized carbons (Fsp3) is 0.833. The van der Waals surface area contributed by atoms with Crippen LogP contribution in [-0.2, 0) is 4.79 Å². The van der Waals surface area contributed by atoms with Crippen molar-refractivity contribution in [2.45, 2.75) is 45.6 Å². The highest BCUT2D eigenvalue weighted by molar-refractivity contribution is 5.79. The number of amides is 2. The van der Waals surface area contributed by atoms with Crippen LogP contribution in [0.1, 0.15) is 39.5 Å². The molecule has 0 bridgehead atoms. The number of aliphatic carboxylic acids is 1. The highest BCUT2D eigenvalue weighted by atomic mass is 16.4. The van der Waals surface area contributed by atoms with E-state index in [1.54, 1.807) is 0 Å². The van der Waals surface area contributed by atoms with Gasteiger partial charge in [-0.15, -0.1) is 0 Å². The highest BCUT2D eigenvalue weighted by Crippen LogP contribution is 2.34. The molecular formula is C12H22N2O3. The summed E-state index contributed by atoms with van der Waals surface area (Å²) in [5, 5.41) is 11.5. The summed E-state index contributed by atoms with van der Waals surface area (Å²) in [6.07, 6.45) is 4.14. The minimum atomic E-state index is -0.993. The van der Waals surface area contributed by atoms with Crippen molar-refractivity contribution in [2.75, 3.05) is 13.6 Å². The van der Waals surface area contributed by atoms with E-state index in [4.69, 9.17) is 5.11 Å². The zero-order valence-electron chi connectivity index (χ0n) is 10.8. The molecule has 1 rings (SSSR count). The van der Waals surface area contributed by atoms with Crippen LogP contribution in [0, 0.1) is 5.41 Å². The molecule has 0 aliphatic heterocycles. The lowest BCUT2D eigenvalue weighted by Crippen LogP contribution is -2.46. The fourth-order valence-electron chi connectivity index (χ4n) is 2.10. The first-order valence-corrected chi connectivity index (χ1v) is 6.03. The zero-order valence-corrected chi connectivity index (χ0v) is 10.8. The Labute approximate surface area is 102 Å². The number of carboxylic acid groups (broad SMARTS) is 1. The molecule has 17 heavy (non-hydrogen) atoms. The standard InChI is InChI=1S/C12H22N2O3/c1-12(2)6-4-9(5-7-12)13-11(17)14(3)8-10(15)16/h9H,4-8H2,1-3H3,(H,13,17)(H,15,16). The molecule has 1 aliphatic carbocycles. The van der Waals surface area contributed by atoms with Crippen molar-refractivity contribution in [3.05, 3.63) is 0 Å². The summed E-state index contributed by atoms with van der Waals surface area (Å²) in [6, 6.07) is -0.108. The van der Waals surface area contributed by atoms with Crippen LogP contribution in [0.3, 0.4) is 0 Å². The van der Waals surface area contributed by atoms with E-state index < -0.39 is 5.97 Å². The second-order valence-corrected chi connectivity index (χ2v) is 5.64. The number of urea groups is 1. The number of hydrogen-bond acceptors (Lipinski definition) is 2. The largest absolute Gasteiger partial charge is 0.480 e. The lowest BCUT2D eigenvalue weighted by Gasteiger charge is -2.35. The molecule has 5 nitrogen and oxygen atoms in total. The van der Waals surface area contributed by atoms with Gasteiger partial charge in [-0.1, -0.05) is 13.8 Å². The molecule has 1 fully saturated rings. The van der Waals surface area contributed by atoms with E-state index in [-0.39, 0.29) is 18.6 Å². The number of nitrogens with one attached hydrogen (secondary N) is 1. The van der Waals surface area contributed by atoms with Gasteiger partial charge < -0.3 is 15.3 Å². The van der Waals surface area contributed by atoms with Gasteiger partial charge in [0, 0.05) is 13.1 Å². The zero-order chi connectivity index (χ0) is 13.1. The predicted molar refractivity (Wildman–Crippen MR) is 64.8 cm³/mol. The Morgan fingerprint density at radius 1 is 1.35 bits per heavy atom. The third-order valence-corrected chi connectivity index (χ3v) is 3.39. The lowest BCUT2D eigenvalue weighted by atomic mass is 9.76. The van der Waals surface area contributed by atoms with Gasteiger partial charge in [0.2, 0.25) is 0 Å². The van der Waals surface area contributed by atoms with Crippen LogP contribution >= 0.6 is 0 Å². The van der Waals surface area contributed by atoms with Gasteiger partial charge in [0.05, 0.1) is 0 Å². The van der Waals surface area contributed by atoms with Crippen LogP contribution in [0.25, 0.3) is 0 Å². The Bertz CT molecular complexity index is 292. The van der Waals surface area contributed by atoms with E-state index in [0.29, 0.717) is 5.41 Å². The van der Waals surface area contributed by atoms with Gasteiger partial charge in [0.15, 0.2) is 0 Å². The van der Waals surface area contributed by atoms with Gasteiger partial charge >= 0.3 is 12.0 Å². The van der Waals surface area contributed by atoms with Crippen LogP contribution in [0.2, 0.25) is 0 Å². The smallest absolute Gasteiger partial charge is 0.323 e. The summed E-state index contributed by atoms with van der Waals surface area (Å²) in [5.41, 5.74) is 0.369. The van der Waals surface area contributed by atoms with Crippen molar-refractivity contribution in [1.82, 2.24) is 10.2 Å². The Morgan fingerprint density at radius 2 is 1.88 bits per heavy atom. The number of carbonyl (C=O) groups is 2. The summed E-state index contributed by atoms with van der Waals surface area (Å²) >= 11 is 0. The minimum Gasteiger partial charge on any atom is -0.480 e. The molecule has 98 valence electrons. The second kappa shape index (κ2) is 5.38. The molecule has 1 aliphatic rings. The van der Waals surface area contributed by atoms with Gasteiger partial charge in [-0.3, -0.25) is 4.79 Å². The van der Waals surface area contributed by atoms with E-state index in [2.05, 4.69) is 19.2 Å². The SMILES string of the molecule is CN(CC(=O)O)C(=O)NC1CCC(C)(C)CC1. The van der Waals surface area contributed by atoms with Crippen LogP contribution in [0.5, 0.6) is 0 Å². The third-order valence-electron chi connectivity index (χ3n) is 3.39. The number of carboxylic acids is 1. The van der Waals surface area contributed by atoms with Crippen molar-refractivity contribution in [3.63, 3.8) is 0 Å². The summed E-state index contributed by atoms with van der Waals surface area (Å²) in [5.74, 6) is -0.993. The van der Waals surface area contributed by atoms with Gasteiger partial charge in [0.1, 0.15) is 6.54 Å². The third kappa shape index (κ3) is 4.63. The predicted octanol–water partition coefficient (Wildman–Crippen LogP) is 1.68. The monoisotopic (exact) mass is 242 g/mol. The maximum Gasteiger partial charge on any atom is 0.323 e. The van der Waals surface area contributed by atoms with Crippen molar-refractivity contribution in [3.8, 4) is 0 Å². The molecule has 1 saturated carbocycles. The van der Waals surface area contributed by atoms with Gasteiger partial charge in [-0.05, 0) is 31.1 Å². The Balaban J connectivity index is 2.35. The number of hydrogen-bond donors (Lipinski definition) is 2. The molecule has 0 unspecified atom stereocenters. The molecule has 2 amide bonds. The van der Waals surface area contributed by atoms with E-state index in [1.165, 1.54) is 11.9 Å². The topological polar surface area (TPSA) is 69.6 Å². The summed E-state index contributed by atoms with van der Waals surface area (Å²) < 4.78 is 0. The first kappa shape index (κ1) is 13.8. The van der Waals surface area contributed by atoms with Crippen molar-refractivity contribution in [1.29, 1.82) is 0 Å². The maximum absolute atomic E-state index is 11.7. The quantitative estimate of drug-likeness (QED) is 0.791. The number of nitrogens with zero attached hydrogens (tertiary/aromatic N) is 1. The van der Waals surface area contributed by atoms with Gasteiger partial charge in [-0.2, -0.15) is 0 Å². The van der Waals surface area contributed by atoms with Crippen LogP contribution in [-0.4, -0.2) is 41.6 Å². The summed E-state index contributed by atoms with van der Waals surface area (Å²) in [4.78, 5) is 23.3.